The van der Waals surface area contributed by atoms with Gasteiger partial charge in [-0.05, 0) is 42.7 Å². The Balaban J connectivity index is 1.64. The first-order valence-electron chi connectivity index (χ1n) is 11.4. The van der Waals surface area contributed by atoms with Gasteiger partial charge in [-0.2, -0.15) is 0 Å². The van der Waals surface area contributed by atoms with Crippen molar-refractivity contribution in [3.8, 4) is 10.6 Å². The molecule has 0 unspecified atom stereocenters. The van der Waals surface area contributed by atoms with Crippen LogP contribution in [0.1, 0.15) is 24.2 Å². The zero-order chi connectivity index (χ0) is 22.5. The van der Waals surface area contributed by atoms with Crippen LogP contribution in [-0.2, 0) is 4.74 Å². The molecular formula is C25H32N4O2S. The standard InChI is InChI=1S/C25H32N4O2S/c1-4-28(5-2)13-12-27(3)25(30)20-10-11-21(26-24(20)29-14-16-31-17-15-29)23-18-19-8-6-7-9-22(19)32-23/h6-11,18H,4-5,12-17H2,1-3H3. The number of nitrogens with zero attached hydrogens (tertiary/aromatic N) is 4. The third-order valence-corrected chi connectivity index (χ3v) is 7.23. The molecule has 0 N–H and O–H groups in total. The van der Waals surface area contributed by atoms with E-state index in [1.807, 2.05) is 24.1 Å². The molecule has 1 amide bonds. The van der Waals surface area contributed by atoms with Gasteiger partial charge in [0, 0.05) is 37.9 Å². The van der Waals surface area contributed by atoms with Gasteiger partial charge < -0.3 is 19.4 Å². The topological polar surface area (TPSA) is 48.9 Å². The van der Waals surface area contributed by atoms with Crippen LogP contribution in [0.4, 0.5) is 5.82 Å². The maximum Gasteiger partial charge on any atom is 0.257 e. The number of pyridine rings is 1. The van der Waals surface area contributed by atoms with Crippen molar-refractivity contribution in [1.29, 1.82) is 0 Å². The van der Waals surface area contributed by atoms with E-state index in [0.717, 1.165) is 49.1 Å². The van der Waals surface area contributed by atoms with E-state index in [0.29, 0.717) is 25.3 Å². The summed E-state index contributed by atoms with van der Waals surface area (Å²) in [5.74, 6) is 0.789. The van der Waals surface area contributed by atoms with Crippen LogP contribution >= 0.6 is 11.3 Å². The second kappa shape index (κ2) is 10.4. The number of amides is 1. The van der Waals surface area contributed by atoms with Crippen LogP contribution in [0.2, 0.25) is 0 Å². The predicted molar refractivity (Wildman–Crippen MR) is 133 cm³/mol. The van der Waals surface area contributed by atoms with Gasteiger partial charge in [0.15, 0.2) is 0 Å². The molecule has 0 saturated carbocycles. The lowest BCUT2D eigenvalue weighted by atomic mass is 10.1. The number of hydrogen-bond acceptors (Lipinski definition) is 6. The SMILES string of the molecule is CCN(CC)CCN(C)C(=O)c1ccc(-c2cc3ccccc3s2)nc1N1CCOCC1. The molecular weight excluding hydrogens is 420 g/mol. The molecule has 1 aliphatic rings. The van der Waals surface area contributed by atoms with Gasteiger partial charge in [0.2, 0.25) is 0 Å². The van der Waals surface area contributed by atoms with Gasteiger partial charge in [0.05, 0.1) is 29.3 Å². The summed E-state index contributed by atoms with van der Waals surface area (Å²) in [6.45, 7) is 10.6. The first-order valence-corrected chi connectivity index (χ1v) is 12.2. The smallest absolute Gasteiger partial charge is 0.257 e. The van der Waals surface area contributed by atoms with Gasteiger partial charge in [-0.25, -0.2) is 4.98 Å². The van der Waals surface area contributed by atoms with Crippen molar-refractivity contribution in [3.05, 3.63) is 48.0 Å². The summed E-state index contributed by atoms with van der Waals surface area (Å²) in [4.78, 5) is 25.9. The highest BCUT2D eigenvalue weighted by Gasteiger charge is 2.24. The Bertz CT molecular complexity index is 1020. The fourth-order valence-corrected chi connectivity index (χ4v) is 5.05. The van der Waals surface area contributed by atoms with E-state index in [9.17, 15) is 4.79 Å². The summed E-state index contributed by atoms with van der Waals surface area (Å²) in [5.41, 5.74) is 1.58. The van der Waals surface area contributed by atoms with E-state index in [1.165, 1.54) is 10.1 Å². The Hall–Kier alpha value is -2.48. The van der Waals surface area contributed by atoms with Crippen LogP contribution in [0.3, 0.4) is 0 Å². The number of ether oxygens (including phenoxy) is 1. The van der Waals surface area contributed by atoms with E-state index < -0.39 is 0 Å². The maximum atomic E-state index is 13.4. The minimum Gasteiger partial charge on any atom is -0.378 e. The number of anilines is 1. The molecule has 3 aromatic rings. The van der Waals surface area contributed by atoms with Gasteiger partial charge in [0.25, 0.3) is 5.91 Å². The normalized spacial score (nSPS) is 14.3. The molecule has 7 heteroatoms. The number of benzene rings is 1. The molecule has 0 aliphatic carbocycles. The lowest BCUT2D eigenvalue weighted by molar-refractivity contribution is 0.0778. The lowest BCUT2D eigenvalue weighted by Gasteiger charge is -2.30. The molecule has 1 aromatic carbocycles. The molecule has 6 nitrogen and oxygen atoms in total. The van der Waals surface area contributed by atoms with Crippen molar-refractivity contribution >= 4 is 33.1 Å². The van der Waals surface area contributed by atoms with Crippen molar-refractivity contribution in [2.45, 2.75) is 13.8 Å². The van der Waals surface area contributed by atoms with Crippen LogP contribution in [0.15, 0.2) is 42.5 Å². The molecule has 0 bridgehead atoms. The first kappa shape index (κ1) is 22.7. The van der Waals surface area contributed by atoms with Crippen LogP contribution in [0.5, 0.6) is 0 Å². The Labute approximate surface area is 194 Å². The number of morpholine rings is 1. The predicted octanol–water partition coefficient (Wildman–Crippen LogP) is 4.21. The summed E-state index contributed by atoms with van der Waals surface area (Å²) in [6.07, 6.45) is 0. The number of aromatic nitrogens is 1. The third kappa shape index (κ3) is 4.95. The first-order chi connectivity index (χ1) is 15.6. The summed E-state index contributed by atoms with van der Waals surface area (Å²) in [6, 6.07) is 14.5. The number of carbonyl (C=O) groups excluding carboxylic acids is 1. The molecule has 4 rings (SSSR count). The Kier molecular flexibility index (Phi) is 7.40. The molecule has 0 spiro atoms. The highest BCUT2D eigenvalue weighted by atomic mass is 32.1. The lowest BCUT2D eigenvalue weighted by Crippen LogP contribution is -2.40. The fraction of sp³-hybridized carbons (Fsp3) is 0.440. The molecule has 0 atom stereocenters. The van der Waals surface area contributed by atoms with Crippen molar-refractivity contribution in [1.82, 2.24) is 14.8 Å². The van der Waals surface area contributed by atoms with E-state index in [2.05, 4.69) is 54.0 Å². The number of likely N-dealkylation sites (N-methyl/N-ethyl adjacent to an activating group) is 2. The largest absolute Gasteiger partial charge is 0.378 e. The third-order valence-electron chi connectivity index (χ3n) is 6.09. The highest BCUT2D eigenvalue weighted by Crippen LogP contribution is 2.34. The van der Waals surface area contributed by atoms with Crippen LogP contribution in [-0.4, -0.2) is 80.2 Å². The number of carbonyl (C=O) groups is 1. The van der Waals surface area contributed by atoms with Gasteiger partial charge >= 0.3 is 0 Å². The van der Waals surface area contributed by atoms with Gasteiger partial charge in [-0.3, -0.25) is 4.79 Å². The maximum absolute atomic E-state index is 13.4. The molecule has 1 fully saturated rings. The van der Waals surface area contributed by atoms with Crippen molar-refractivity contribution in [3.63, 3.8) is 0 Å². The Morgan fingerprint density at radius 1 is 1.09 bits per heavy atom. The molecule has 0 radical (unpaired) electrons. The summed E-state index contributed by atoms with van der Waals surface area (Å²) in [7, 11) is 1.88. The number of rotatable bonds is 8. The second-order valence-corrected chi connectivity index (χ2v) is 9.15. The van der Waals surface area contributed by atoms with Gasteiger partial charge in [-0.1, -0.05) is 32.0 Å². The second-order valence-electron chi connectivity index (χ2n) is 8.07. The fourth-order valence-electron chi connectivity index (χ4n) is 4.02. The molecule has 3 heterocycles. The Morgan fingerprint density at radius 3 is 2.56 bits per heavy atom. The minimum absolute atomic E-state index is 0.0223. The van der Waals surface area contributed by atoms with E-state index in [1.54, 1.807) is 11.3 Å². The number of fused-ring (bicyclic) bond motifs is 1. The average Bonchev–Trinajstić information content (AvgIpc) is 3.28. The summed E-state index contributed by atoms with van der Waals surface area (Å²) in [5, 5.41) is 1.22. The van der Waals surface area contributed by atoms with Crippen molar-refractivity contribution < 1.29 is 9.53 Å². The van der Waals surface area contributed by atoms with E-state index in [-0.39, 0.29) is 5.91 Å². The van der Waals surface area contributed by atoms with Gasteiger partial charge in [0.1, 0.15) is 5.82 Å². The van der Waals surface area contributed by atoms with Crippen molar-refractivity contribution in [2.75, 3.05) is 64.4 Å². The summed E-state index contributed by atoms with van der Waals surface area (Å²) >= 11 is 1.74. The number of thiophene rings is 1. The van der Waals surface area contributed by atoms with Crippen LogP contribution < -0.4 is 4.90 Å². The van der Waals surface area contributed by atoms with Crippen molar-refractivity contribution in [2.24, 2.45) is 0 Å². The molecule has 2 aromatic heterocycles. The zero-order valence-corrected chi connectivity index (χ0v) is 20.0. The zero-order valence-electron chi connectivity index (χ0n) is 19.2. The average molecular weight is 453 g/mol. The number of hydrogen-bond donors (Lipinski definition) is 0. The monoisotopic (exact) mass is 452 g/mol. The van der Waals surface area contributed by atoms with E-state index in [4.69, 9.17) is 9.72 Å². The molecule has 170 valence electrons. The minimum atomic E-state index is 0.0223. The molecule has 1 saturated heterocycles. The Morgan fingerprint density at radius 2 is 1.84 bits per heavy atom. The van der Waals surface area contributed by atoms with Crippen LogP contribution in [0, 0.1) is 0 Å². The van der Waals surface area contributed by atoms with Gasteiger partial charge in [-0.15, -0.1) is 11.3 Å². The summed E-state index contributed by atoms with van der Waals surface area (Å²) < 4.78 is 6.79. The van der Waals surface area contributed by atoms with E-state index >= 15 is 0 Å². The molecule has 1 aliphatic heterocycles. The highest BCUT2D eigenvalue weighted by molar-refractivity contribution is 7.22. The molecule has 32 heavy (non-hydrogen) atoms. The van der Waals surface area contributed by atoms with Crippen LogP contribution in [0.25, 0.3) is 20.7 Å². The quantitative estimate of drug-likeness (QED) is 0.512.